The smallest absolute Gasteiger partial charge is 0.320 e. The van der Waals surface area contributed by atoms with E-state index >= 15 is 0 Å². The summed E-state index contributed by atoms with van der Waals surface area (Å²) in [5.74, 6) is 0.0761. The Balaban J connectivity index is 2.01. The van der Waals surface area contributed by atoms with Crippen molar-refractivity contribution in [2.75, 3.05) is 25.1 Å². The summed E-state index contributed by atoms with van der Waals surface area (Å²) in [5.41, 5.74) is 5.17. The Morgan fingerprint density at radius 1 is 1.12 bits per heavy atom. The normalized spacial score (nSPS) is 16.3. The number of ether oxygens (including phenoxy) is 2. The molecule has 0 saturated heterocycles. The number of rotatable bonds is 8. The molecular weight excluding hydrogens is 334 g/mol. The van der Waals surface area contributed by atoms with E-state index in [4.69, 9.17) is 15.2 Å². The number of hydrogen-bond acceptors (Lipinski definition) is 4. The summed E-state index contributed by atoms with van der Waals surface area (Å²) < 4.78 is 10.9. The Kier molecular flexibility index (Phi) is 7.72. The molecule has 2 rings (SSSR count). The molecule has 1 aliphatic rings. The fraction of sp³-hybridized carbons (Fsp3) is 0.579. The van der Waals surface area contributed by atoms with Crippen molar-refractivity contribution in [3.63, 3.8) is 0 Å². The molecule has 0 bridgehead atoms. The van der Waals surface area contributed by atoms with Gasteiger partial charge in [0.2, 0.25) is 5.91 Å². The number of para-hydroxylation sites is 2. The molecule has 1 aromatic rings. The number of urea groups is 1. The van der Waals surface area contributed by atoms with Crippen LogP contribution >= 0.6 is 0 Å². The second kappa shape index (κ2) is 10.0. The minimum atomic E-state index is -0.981. The van der Waals surface area contributed by atoms with Gasteiger partial charge in [0.1, 0.15) is 17.9 Å². The van der Waals surface area contributed by atoms with Gasteiger partial charge in [-0.25, -0.2) is 4.79 Å². The zero-order chi connectivity index (χ0) is 18.8. The summed E-state index contributed by atoms with van der Waals surface area (Å²) in [6.45, 7) is 3.41. The molecule has 7 nitrogen and oxygen atoms in total. The molecule has 0 heterocycles. The number of carbonyl (C=O) groups is 2. The van der Waals surface area contributed by atoms with Crippen LogP contribution in [0.5, 0.6) is 5.75 Å². The minimum absolute atomic E-state index is 0.388. The molecule has 3 amide bonds. The highest BCUT2D eigenvalue weighted by Crippen LogP contribution is 2.28. The van der Waals surface area contributed by atoms with Crippen LogP contribution in [0.4, 0.5) is 10.5 Å². The Morgan fingerprint density at radius 3 is 2.46 bits per heavy atom. The Hall–Kier alpha value is -2.28. The van der Waals surface area contributed by atoms with Crippen molar-refractivity contribution in [3.05, 3.63) is 24.3 Å². The molecule has 1 fully saturated rings. The van der Waals surface area contributed by atoms with Crippen LogP contribution in [-0.4, -0.2) is 37.3 Å². The summed E-state index contributed by atoms with van der Waals surface area (Å²) >= 11 is 0. The van der Waals surface area contributed by atoms with E-state index in [1.807, 2.05) is 13.0 Å². The van der Waals surface area contributed by atoms with Crippen LogP contribution in [0.1, 0.15) is 45.4 Å². The zero-order valence-corrected chi connectivity index (χ0v) is 15.4. The SMILES string of the molecule is CCOCCOc1ccccc1NC(=O)NC1(C(N)=O)CCCCCC1. The van der Waals surface area contributed by atoms with Gasteiger partial charge in [0, 0.05) is 6.61 Å². The lowest BCUT2D eigenvalue weighted by molar-refractivity contribution is -0.124. The molecule has 7 heteroatoms. The fourth-order valence-electron chi connectivity index (χ4n) is 3.19. The average molecular weight is 363 g/mol. The van der Waals surface area contributed by atoms with Crippen molar-refractivity contribution in [2.45, 2.75) is 51.0 Å². The molecule has 26 heavy (non-hydrogen) atoms. The van der Waals surface area contributed by atoms with Crippen LogP contribution in [0.25, 0.3) is 0 Å². The monoisotopic (exact) mass is 363 g/mol. The summed E-state index contributed by atoms with van der Waals surface area (Å²) in [7, 11) is 0. The van der Waals surface area contributed by atoms with E-state index in [0.717, 1.165) is 25.7 Å². The van der Waals surface area contributed by atoms with E-state index in [9.17, 15) is 9.59 Å². The highest BCUT2D eigenvalue weighted by Gasteiger charge is 2.38. The van der Waals surface area contributed by atoms with E-state index in [1.54, 1.807) is 18.2 Å². The van der Waals surface area contributed by atoms with Crippen molar-refractivity contribution in [3.8, 4) is 5.75 Å². The van der Waals surface area contributed by atoms with E-state index < -0.39 is 17.5 Å². The zero-order valence-electron chi connectivity index (χ0n) is 15.4. The number of primary amides is 1. The van der Waals surface area contributed by atoms with E-state index in [0.29, 0.717) is 44.1 Å². The maximum absolute atomic E-state index is 12.5. The van der Waals surface area contributed by atoms with Gasteiger partial charge in [-0.05, 0) is 31.9 Å². The number of hydrogen-bond donors (Lipinski definition) is 3. The molecule has 0 atom stereocenters. The van der Waals surface area contributed by atoms with Gasteiger partial charge in [-0.15, -0.1) is 0 Å². The Morgan fingerprint density at radius 2 is 1.81 bits per heavy atom. The van der Waals surface area contributed by atoms with E-state index in [-0.39, 0.29) is 0 Å². The molecule has 0 spiro atoms. The first-order chi connectivity index (χ1) is 12.6. The van der Waals surface area contributed by atoms with Gasteiger partial charge in [-0.3, -0.25) is 4.79 Å². The third kappa shape index (κ3) is 5.62. The number of nitrogens with two attached hydrogens (primary N) is 1. The van der Waals surface area contributed by atoms with Gasteiger partial charge < -0.3 is 25.8 Å². The van der Waals surface area contributed by atoms with E-state index in [1.165, 1.54) is 0 Å². The summed E-state index contributed by atoms with van der Waals surface area (Å²) in [6, 6.07) is 6.71. The van der Waals surface area contributed by atoms with Crippen molar-refractivity contribution in [1.82, 2.24) is 5.32 Å². The van der Waals surface area contributed by atoms with Crippen LogP contribution in [0, 0.1) is 0 Å². The van der Waals surface area contributed by atoms with Gasteiger partial charge in [0.05, 0.1) is 12.3 Å². The predicted molar refractivity (Wildman–Crippen MR) is 100 cm³/mol. The lowest BCUT2D eigenvalue weighted by Crippen LogP contribution is -2.58. The molecule has 0 unspecified atom stereocenters. The van der Waals surface area contributed by atoms with Crippen LogP contribution in [-0.2, 0) is 9.53 Å². The lowest BCUT2D eigenvalue weighted by atomic mass is 9.89. The summed E-state index contributed by atoms with van der Waals surface area (Å²) in [6.07, 6.45) is 4.99. The number of anilines is 1. The van der Waals surface area contributed by atoms with Crippen LogP contribution in [0.15, 0.2) is 24.3 Å². The molecule has 1 aliphatic carbocycles. The highest BCUT2D eigenvalue weighted by atomic mass is 16.5. The largest absolute Gasteiger partial charge is 0.489 e. The average Bonchev–Trinajstić information content (AvgIpc) is 2.86. The second-order valence-corrected chi connectivity index (χ2v) is 6.48. The van der Waals surface area contributed by atoms with Crippen LogP contribution < -0.4 is 21.1 Å². The lowest BCUT2D eigenvalue weighted by Gasteiger charge is -2.30. The highest BCUT2D eigenvalue weighted by molar-refractivity contribution is 5.96. The van der Waals surface area contributed by atoms with Gasteiger partial charge in [0.25, 0.3) is 0 Å². The Labute approximate surface area is 154 Å². The maximum atomic E-state index is 12.5. The number of carbonyl (C=O) groups excluding carboxylic acids is 2. The van der Waals surface area contributed by atoms with Crippen molar-refractivity contribution < 1.29 is 19.1 Å². The minimum Gasteiger partial charge on any atom is -0.489 e. The molecule has 144 valence electrons. The van der Waals surface area contributed by atoms with Gasteiger partial charge in [-0.2, -0.15) is 0 Å². The van der Waals surface area contributed by atoms with Crippen molar-refractivity contribution >= 4 is 17.6 Å². The third-order valence-electron chi connectivity index (χ3n) is 4.61. The van der Waals surface area contributed by atoms with Gasteiger partial charge >= 0.3 is 6.03 Å². The number of nitrogens with one attached hydrogen (secondary N) is 2. The number of amides is 3. The summed E-state index contributed by atoms with van der Waals surface area (Å²) in [4.78, 5) is 24.5. The predicted octanol–water partition coefficient (Wildman–Crippen LogP) is 2.80. The molecule has 1 aromatic carbocycles. The van der Waals surface area contributed by atoms with Crippen molar-refractivity contribution in [2.24, 2.45) is 5.73 Å². The molecular formula is C19H29N3O4. The molecule has 0 radical (unpaired) electrons. The molecule has 1 saturated carbocycles. The first-order valence-corrected chi connectivity index (χ1v) is 9.26. The second-order valence-electron chi connectivity index (χ2n) is 6.48. The van der Waals surface area contributed by atoms with Gasteiger partial charge in [0.15, 0.2) is 0 Å². The third-order valence-corrected chi connectivity index (χ3v) is 4.61. The Bertz CT molecular complexity index is 598. The summed E-state index contributed by atoms with van der Waals surface area (Å²) in [5, 5.41) is 5.59. The quantitative estimate of drug-likeness (QED) is 0.488. The van der Waals surface area contributed by atoms with Gasteiger partial charge in [-0.1, -0.05) is 37.8 Å². The standard InChI is InChI=1S/C19H29N3O4/c1-2-25-13-14-26-16-10-6-5-9-15(16)21-18(24)22-19(17(20)23)11-7-3-4-8-12-19/h5-6,9-10H,2-4,7-8,11-14H2,1H3,(H2,20,23)(H2,21,22,24). The van der Waals surface area contributed by atoms with Crippen LogP contribution in [0.3, 0.4) is 0 Å². The van der Waals surface area contributed by atoms with E-state index in [2.05, 4.69) is 10.6 Å². The first kappa shape index (κ1) is 20.0. The molecule has 0 aliphatic heterocycles. The number of benzene rings is 1. The molecule has 0 aromatic heterocycles. The van der Waals surface area contributed by atoms with Crippen molar-refractivity contribution in [1.29, 1.82) is 0 Å². The fourth-order valence-corrected chi connectivity index (χ4v) is 3.19. The van der Waals surface area contributed by atoms with Crippen LogP contribution in [0.2, 0.25) is 0 Å². The molecule has 4 N–H and O–H groups in total. The maximum Gasteiger partial charge on any atom is 0.320 e. The first-order valence-electron chi connectivity index (χ1n) is 9.26. The topological polar surface area (TPSA) is 103 Å².